The van der Waals surface area contributed by atoms with E-state index < -0.39 is 6.29 Å². The van der Waals surface area contributed by atoms with Crippen molar-refractivity contribution in [2.24, 2.45) is 17.0 Å². The first-order chi connectivity index (χ1) is 9.29. The summed E-state index contributed by atoms with van der Waals surface area (Å²) < 4.78 is 5.54. The molecule has 0 aliphatic heterocycles. The maximum absolute atomic E-state index is 10.0. The molecule has 0 amide bonds. The number of rotatable bonds is 5. The number of ether oxygens (including phenoxy) is 1. The van der Waals surface area contributed by atoms with Gasteiger partial charge in [-0.3, -0.25) is 0 Å². The molecule has 104 valence electrons. The lowest BCUT2D eigenvalue weighted by Crippen LogP contribution is -2.28. The molecule has 1 aromatic rings. The Kier molecular flexibility index (Phi) is 5.36. The molecule has 0 bridgehead atoms. The van der Waals surface area contributed by atoms with Gasteiger partial charge in [-0.15, -0.1) is 5.16 Å². The number of aliphatic hydroxyl groups excluding tert-OH is 1. The van der Waals surface area contributed by atoms with Crippen molar-refractivity contribution in [3.8, 4) is 0 Å². The van der Waals surface area contributed by atoms with E-state index in [-0.39, 0.29) is 5.92 Å². The maximum Gasteiger partial charge on any atom is 0.157 e. The normalized spacial score (nSPS) is 25.5. The van der Waals surface area contributed by atoms with E-state index in [1.54, 1.807) is 6.21 Å². The number of aliphatic hydroxyl groups is 1. The lowest BCUT2D eigenvalue weighted by molar-refractivity contribution is -0.149. The zero-order valence-corrected chi connectivity index (χ0v) is 11.0. The predicted octanol–water partition coefficient (Wildman–Crippen LogP) is 2.79. The van der Waals surface area contributed by atoms with Gasteiger partial charge in [0.1, 0.15) is 0 Å². The van der Waals surface area contributed by atoms with Crippen LogP contribution in [0.15, 0.2) is 35.5 Å². The highest BCUT2D eigenvalue weighted by molar-refractivity contribution is 5.59. The third-order valence-corrected chi connectivity index (χ3v) is 3.76. The second-order valence-electron chi connectivity index (χ2n) is 5.13. The molecule has 2 rings (SSSR count). The fourth-order valence-electron chi connectivity index (χ4n) is 2.57. The van der Waals surface area contributed by atoms with Crippen LogP contribution < -0.4 is 0 Å². The van der Waals surface area contributed by atoms with Gasteiger partial charge in [-0.2, -0.15) is 0 Å². The molecule has 1 atom stereocenters. The van der Waals surface area contributed by atoms with Crippen LogP contribution in [-0.4, -0.2) is 22.8 Å². The monoisotopic (exact) mass is 263 g/mol. The Bertz CT molecular complexity index is 386. The van der Waals surface area contributed by atoms with E-state index in [0.717, 1.165) is 31.2 Å². The predicted molar refractivity (Wildman–Crippen MR) is 73.0 cm³/mol. The summed E-state index contributed by atoms with van der Waals surface area (Å²) in [7, 11) is 0. The van der Waals surface area contributed by atoms with Gasteiger partial charge in [-0.1, -0.05) is 30.3 Å². The van der Waals surface area contributed by atoms with Crippen LogP contribution in [0, 0.1) is 11.8 Å². The Labute approximate surface area is 113 Å². The summed E-state index contributed by atoms with van der Waals surface area (Å²) in [4.78, 5) is 0. The molecule has 4 nitrogen and oxygen atoms in total. The average molecular weight is 263 g/mol. The molecule has 0 spiro atoms. The lowest BCUT2D eigenvalue weighted by Gasteiger charge is -2.29. The highest BCUT2D eigenvalue weighted by Crippen LogP contribution is 2.30. The highest BCUT2D eigenvalue weighted by atomic mass is 16.6. The number of nitrogens with zero attached hydrogens (tertiary/aromatic N) is 1. The van der Waals surface area contributed by atoms with Gasteiger partial charge >= 0.3 is 0 Å². The molecule has 0 saturated heterocycles. The minimum atomic E-state index is -0.702. The molecule has 1 aliphatic rings. The fraction of sp³-hybridized carbons (Fsp3) is 0.533. The molecule has 1 aliphatic carbocycles. The quantitative estimate of drug-likeness (QED) is 0.371. The Morgan fingerprint density at radius 3 is 2.53 bits per heavy atom. The second kappa shape index (κ2) is 7.26. The number of oxime groups is 1. The van der Waals surface area contributed by atoms with Gasteiger partial charge in [0.2, 0.25) is 0 Å². The summed E-state index contributed by atoms with van der Waals surface area (Å²) in [6.45, 7) is 0.444. The fourth-order valence-corrected chi connectivity index (χ4v) is 2.57. The summed E-state index contributed by atoms with van der Waals surface area (Å²) >= 11 is 0. The Hall–Kier alpha value is -1.39. The molecule has 4 heteroatoms. The third-order valence-electron chi connectivity index (χ3n) is 3.76. The molecule has 19 heavy (non-hydrogen) atoms. The average Bonchev–Trinajstić information content (AvgIpc) is 2.47. The minimum absolute atomic E-state index is 0.187. The van der Waals surface area contributed by atoms with E-state index in [2.05, 4.69) is 5.16 Å². The first-order valence-corrected chi connectivity index (χ1v) is 6.80. The summed E-state index contributed by atoms with van der Waals surface area (Å²) in [6, 6.07) is 9.86. The van der Waals surface area contributed by atoms with Gasteiger partial charge in [0, 0.05) is 12.1 Å². The Balaban J connectivity index is 1.74. The van der Waals surface area contributed by atoms with E-state index in [9.17, 15) is 5.11 Å². The van der Waals surface area contributed by atoms with Crippen LogP contribution in [0.4, 0.5) is 0 Å². The van der Waals surface area contributed by atoms with Crippen LogP contribution in [0.25, 0.3) is 0 Å². The lowest BCUT2D eigenvalue weighted by atomic mass is 9.82. The van der Waals surface area contributed by atoms with Crippen molar-refractivity contribution in [2.75, 3.05) is 0 Å². The highest BCUT2D eigenvalue weighted by Gasteiger charge is 2.26. The first kappa shape index (κ1) is 14.0. The zero-order chi connectivity index (χ0) is 13.5. The topological polar surface area (TPSA) is 62.1 Å². The van der Waals surface area contributed by atoms with E-state index in [1.165, 1.54) is 0 Å². The van der Waals surface area contributed by atoms with Gasteiger partial charge in [-0.25, -0.2) is 0 Å². The molecule has 1 aromatic carbocycles. The van der Waals surface area contributed by atoms with E-state index in [4.69, 9.17) is 9.94 Å². The summed E-state index contributed by atoms with van der Waals surface area (Å²) in [5, 5.41) is 21.6. The molecule has 0 radical (unpaired) electrons. The summed E-state index contributed by atoms with van der Waals surface area (Å²) in [5.41, 5.74) is 1.07. The number of benzene rings is 1. The molecule has 0 aromatic heterocycles. The first-order valence-electron chi connectivity index (χ1n) is 6.80. The smallest absolute Gasteiger partial charge is 0.157 e. The van der Waals surface area contributed by atoms with E-state index >= 15 is 0 Å². The molecule has 1 unspecified atom stereocenters. The molecular weight excluding hydrogens is 242 g/mol. The van der Waals surface area contributed by atoms with Crippen molar-refractivity contribution in [3.05, 3.63) is 35.9 Å². The summed E-state index contributed by atoms with van der Waals surface area (Å²) in [6.07, 6.45) is 4.60. The van der Waals surface area contributed by atoms with Crippen LogP contribution in [0.3, 0.4) is 0 Å². The minimum Gasteiger partial charge on any atom is -0.411 e. The maximum atomic E-state index is 10.0. The van der Waals surface area contributed by atoms with Crippen LogP contribution in [-0.2, 0) is 11.3 Å². The van der Waals surface area contributed by atoms with Gasteiger partial charge < -0.3 is 15.1 Å². The number of hydrogen-bond donors (Lipinski definition) is 2. The van der Waals surface area contributed by atoms with Gasteiger partial charge in [-0.05, 0) is 37.2 Å². The van der Waals surface area contributed by atoms with Gasteiger partial charge in [0.15, 0.2) is 6.29 Å². The third kappa shape index (κ3) is 4.33. The molecule has 1 fully saturated rings. The van der Waals surface area contributed by atoms with Crippen molar-refractivity contribution < 1.29 is 15.1 Å². The Morgan fingerprint density at radius 2 is 1.89 bits per heavy atom. The largest absolute Gasteiger partial charge is 0.411 e. The van der Waals surface area contributed by atoms with Crippen molar-refractivity contribution in [3.63, 3.8) is 0 Å². The van der Waals surface area contributed by atoms with E-state index in [1.807, 2.05) is 30.3 Å². The van der Waals surface area contributed by atoms with Gasteiger partial charge in [0.25, 0.3) is 0 Å². The van der Waals surface area contributed by atoms with Crippen LogP contribution in [0.5, 0.6) is 0 Å². The molecule has 1 saturated carbocycles. The number of hydrogen-bond acceptors (Lipinski definition) is 4. The van der Waals surface area contributed by atoms with Crippen LogP contribution in [0.1, 0.15) is 31.2 Å². The second-order valence-corrected chi connectivity index (χ2v) is 5.13. The zero-order valence-electron chi connectivity index (χ0n) is 11.0. The molecule has 0 heterocycles. The molecular formula is C15H21NO3. The summed E-state index contributed by atoms with van der Waals surface area (Å²) in [5.74, 6) is 0.523. The van der Waals surface area contributed by atoms with E-state index in [0.29, 0.717) is 12.5 Å². The Morgan fingerprint density at radius 1 is 1.21 bits per heavy atom. The SMILES string of the molecule is O/N=C/C1CCC(C(O)OCc2ccccc2)CC1. The van der Waals surface area contributed by atoms with Crippen LogP contribution >= 0.6 is 0 Å². The van der Waals surface area contributed by atoms with Gasteiger partial charge in [0.05, 0.1) is 6.61 Å². The van der Waals surface area contributed by atoms with Crippen LogP contribution in [0.2, 0.25) is 0 Å². The van der Waals surface area contributed by atoms with Crippen molar-refractivity contribution in [1.29, 1.82) is 0 Å². The van der Waals surface area contributed by atoms with Crippen molar-refractivity contribution >= 4 is 6.21 Å². The van der Waals surface area contributed by atoms with Crippen molar-refractivity contribution in [1.82, 2.24) is 0 Å². The van der Waals surface area contributed by atoms with Crippen molar-refractivity contribution in [2.45, 2.75) is 38.6 Å². The molecule has 2 N–H and O–H groups in total. The standard InChI is InChI=1S/C15H21NO3/c17-15(19-11-13-4-2-1-3-5-13)14-8-6-12(7-9-14)10-16-18/h1-5,10,12,14-15,17-18H,6-9,11H2/b16-10+.